The van der Waals surface area contributed by atoms with Crippen LogP contribution >= 0.6 is 12.6 Å². The van der Waals surface area contributed by atoms with Gasteiger partial charge in [-0.1, -0.05) is 0 Å². The topological polar surface area (TPSA) is 55.9 Å². The van der Waals surface area contributed by atoms with Crippen LogP contribution in [-0.4, -0.2) is 17.6 Å². The van der Waals surface area contributed by atoms with E-state index in [1.807, 2.05) is 6.92 Å². The van der Waals surface area contributed by atoms with E-state index in [0.717, 1.165) is 6.54 Å². The molecule has 3 N–H and O–H groups in total. The fraction of sp³-hybridized carbons (Fsp3) is 1.00. The molecule has 1 heterocycles. The highest BCUT2D eigenvalue weighted by atomic mass is 32.1. The molecule has 1 unspecified atom stereocenters. The molecule has 4 heteroatoms. The average Bonchev–Trinajstić information content (AvgIpc) is 2.62. The first-order valence-corrected chi connectivity index (χ1v) is 4.60. The normalized spacial score (nSPS) is 23.2. The van der Waals surface area contributed by atoms with E-state index in [2.05, 4.69) is 35.7 Å². The molecule has 1 aliphatic rings. The van der Waals surface area contributed by atoms with Gasteiger partial charge in [0.05, 0.1) is 5.66 Å². The second-order valence-electron chi connectivity index (χ2n) is 3.32. The zero-order valence-electron chi connectivity index (χ0n) is 7.15. The van der Waals surface area contributed by atoms with Crippen molar-refractivity contribution in [3.8, 4) is 0 Å². The summed E-state index contributed by atoms with van der Waals surface area (Å²) >= 11 is 4.22. The molecular weight excluding hydrogens is 158 g/mol. The zero-order valence-corrected chi connectivity index (χ0v) is 8.04. The SMILES string of the molecule is CC(S)NCCCC1(C)NN1. The first kappa shape index (κ1) is 9.32. The maximum atomic E-state index is 4.22. The maximum Gasteiger partial charge on any atom is 0.0916 e. The number of hydrazine groups is 1. The Bertz CT molecular complexity index is 123. The van der Waals surface area contributed by atoms with Gasteiger partial charge in [0, 0.05) is 5.37 Å². The van der Waals surface area contributed by atoms with Crippen LogP contribution in [0.15, 0.2) is 0 Å². The monoisotopic (exact) mass is 175 g/mol. The van der Waals surface area contributed by atoms with Gasteiger partial charge in [-0.25, -0.2) is 10.9 Å². The molecule has 0 aromatic carbocycles. The standard InChI is InChI=1S/C7H17N3S/c1-6(11)8-5-3-4-7(2)9-10-7/h6,8-11H,3-5H2,1-2H3. The second kappa shape index (κ2) is 3.76. The Labute approximate surface area is 73.7 Å². The van der Waals surface area contributed by atoms with Gasteiger partial charge in [-0.3, -0.25) is 0 Å². The predicted octanol–water partition coefficient (Wildman–Crippen LogP) is 0.456. The molecule has 0 bridgehead atoms. The fourth-order valence-corrected chi connectivity index (χ4v) is 1.11. The van der Waals surface area contributed by atoms with E-state index in [-0.39, 0.29) is 5.66 Å². The Morgan fingerprint density at radius 2 is 2.18 bits per heavy atom. The number of hydrogen-bond donors (Lipinski definition) is 4. The van der Waals surface area contributed by atoms with Crippen molar-refractivity contribution in [1.82, 2.24) is 16.2 Å². The minimum Gasteiger partial charge on any atom is -0.306 e. The molecule has 0 saturated carbocycles. The van der Waals surface area contributed by atoms with Crippen LogP contribution in [0, 0.1) is 0 Å². The molecule has 0 aromatic heterocycles. The van der Waals surface area contributed by atoms with Gasteiger partial charge in [0.25, 0.3) is 0 Å². The van der Waals surface area contributed by atoms with Gasteiger partial charge in [-0.05, 0) is 33.2 Å². The molecule has 0 aromatic rings. The first-order chi connectivity index (χ1) is 5.12. The molecule has 1 atom stereocenters. The smallest absolute Gasteiger partial charge is 0.0916 e. The van der Waals surface area contributed by atoms with Crippen LogP contribution < -0.4 is 16.2 Å². The van der Waals surface area contributed by atoms with Crippen LogP contribution in [0.25, 0.3) is 0 Å². The average molecular weight is 175 g/mol. The molecule has 1 rings (SSSR count). The lowest BCUT2D eigenvalue weighted by atomic mass is 10.1. The molecular formula is C7H17N3S. The summed E-state index contributed by atoms with van der Waals surface area (Å²) in [5, 5.41) is 3.56. The molecule has 1 saturated heterocycles. The Balaban J connectivity index is 1.88. The predicted molar refractivity (Wildman–Crippen MR) is 50.4 cm³/mol. The molecule has 3 nitrogen and oxygen atoms in total. The quantitative estimate of drug-likeness (QED) is 0.212. The van der Waals surface area contributed by atoms with E-state index < -0.39 is 0 Å². The molecule has 0 amide bonds. The third-order valence-electron chi connectivity index (χ3n) is 1.85. The molecule has 0 spiro atoms. The van der Waals surface area contributed by atoms with Crippen molar-refractivity contribution in [2.24, 2.45) is 0 Å². The Kier molecular flexibility index (Phi) is 3.18. The number of hydrogen-bond acceptors (Lipinski definition) is 4. The van der Waals surface area contributed by atoms with Gasteiger partial charge >= 0.3 is 0 Å². The third kappa shape index (κ3) is 3.96. The summed E-state index contributed by atoms with van der Waals surface area (Å²) in [5.41, 5.74) is 6.43. The molecule has 0 radical (unpaired) electrons. The zero-order chi connectivity index (χ0) is 8.32. The highest BCUT2D eigenvalue weighted by Crippen LogP contribution is 2.14. The summed E-state index contributed by atoms with van der Waals surface area (Å²) < 4.78 is 0. The molecule has 0 aliphatic carbocycles. The van der Waals surface area contributed by atoms with Crippen LogP contribution in [0.3, 0.4) is 0 Å². The van der Waals surface area contributed by atoms with E-state index in [9.17, 15) is 0 Å². The first-order valence-electron chi connectivity index (χ1n) is 4.08. The van der Waals surface area contributed by atoms with E-state index in [4.69, 9.17) is 0 Å². The second-order valence-corrected chi connectivity index (χ2v) is 4.09. The summed E-state index contributed by atoms with van der Waals surface area (Å²) in [4.78, 5) is 0. The van der Waals surface area contributed by atoms with Crippen molar-refractivity contribution < 1.29 is 0 Å². The molecule has 1 aliphatic heterocycles. The van der Waals surface area contributed by atoms with Gasteiger partial charge in [-0.2, -0.15) is 12.6 Å². The number of nitrogens with one attached hydrogen (secondary N) is 3. The lowest BCUT2D eigenvalue weighted by Crippen LogP contribution is -2.23. The summed E-state index contributed by atoms with van der Waals surface area (Å²) in [6.07, 6.45) is 2.35. The van der Waals surface area contributed by atoms with Gasteiger partial charge in [0.1, 0.15) is 0 Å². The van der Waals surface area contributed by atoms with Gasteiger partial charge < -0.3 is 5.32 Å². The lowest BCUT2D eigenvalue weighted by Gasteiger charge is -2.08. The van der Waals surface area contributed by atoms with Gasteiger partial charge in [0.2, 0.25) is 0 Å². The van der Waals surface area contributed by atoms with Crippen molar-refractivity contribution in [3.05, 3.63) is 0 Å². The minimum atomic E-state index is 0.224. The summed E-state index contributed by atoms with van der Waals surface area (Å²) in [6, 6.07) is 0. The van der Waals surface area contributed by atoms with Crippen LogP contribution in [0.1, 0.15) is 26.7 Å². The molecule has 1 fully saturated rings. The fourth-order valence-electron chi connectivity index (χ4n) is 0.985. The minimum absolute atomic E-state index is 0.224. The van der Waals surface area contributed by atoms with Gasteiger partial charge in [0.15, 0.2) is 0 Å². The van der Waals surface area contributed by atoms with E-state index in [1.54, 1.807) is 0 Å². The Hall–Kier alpha value is 0.230. The summed E-state index contributed by atoms with van der Waals surface area (Å²) in [5.74, 6) is 0. The number of rotatable bonds is 5. The van der Waals surface area contributed by atoms with Crippen LogP contribution in [0.5, 0.6) is 0 Å². The van der Waals surface area contributed by atoms with Crippen molar-refractivity contribution in [2.75, 3.05) is 6.54 Å². The highest BCUT2D eigenvalue weighted by Gasteiger charge is 2.34. The Morgan fingerprint density at radius 1 is 1.55 bits per heavy atom. The largest absolute Gasteiger partial charge is 0.306 e. The van der Waals surface area contributed by atoms with Crippen molar-refractivity contribution in [3.63, 3.8) is 0 Å². The van der Waals surface area contributed by atoms with Crippen molar-refractivity contribution in [2.45, 2.75) is 37.7 Å². The molecule has 11 heavy (non-hydrogen) atoms. The number of thiol groups is 1. The third-order valence-corrected chi connectivity index (χ3v) is 2.03. The van der Waals surface area contributed by atoms with Crippen molar-refractivity contribution in [1.29, 1.82) is 0 Å². The van der Waals surface area contributed by atoms with Crippen LogP contribution in [-0.2, 0) is 0 Å². The highest BCUT2D eigenvalue weighted by molar-refractivity contribution is 7.80. The Morgan fingerprint density at radius 3 is 2.64 bits per heavy atom. The summed E-state index contributed by atoms with van der Waals surface area (Å²) in [6.45, 7) is 5.25. The van der Waals surface area contributed by atoms with Crippen molar-refractivity contribution >= 4 is 12.6 Å². The molecule has 66 valence electrons. The maximum absolute atomic E-state index is 4.22. The summed E-state index contributed by atoms with van der Waals surface area (Å²) in [7, 11) is 0. The lowest BCUT2D eigenvalue weighted by molar-refractivity contribution is 0.539. The van der Waals surface area contributed by atoms with E-state index in [1.165, 1.54) is 12.8 Å². The van der Waals surface area contributed by atoms with E-state index in [0.29, 0.717) is 5.37 Å². The van der Waals surface area contributed by atoms with Crippen LogP contribution in [0.2, 0.25) is 0 Å². The van der Waals surface area contributed by atoms with Crippen LogP contribution in [0.4, 0.5) is 0 Å². The van der Waals surface area contributed by atoms with Gasteiger partial charge in [-0.15, -0.1) is 0 Å². The van der Waals surface area contributed by atoms with E-state index >= 15 is 0 Å².